The molecule has 0 bridgehead atoms. The molecule has 0 saturated heterocycles. The van der Waals surface area contributed by atoms with Crippen LogP contribution in [0.4, 0.5) is 0 Å². The van der Waals surface area contributed by atoms with E-state index in [0.29, 0.717) is 0 Å². The first-order valence-corrected chi connectivity index (χ1v) is 7.35. The summed E-state index contributed by atoms with van der Waals surface area (Å²) in [6.07, 6.45) is 1.74. The van der Waals surface area contributed by atoms with E-state index in [1.165, 1.54) is 11.8 Å². The Kier molecular flexibility index (Phi) is 3.84. The van der Waals surface area contributed by atoms with Crippen LogP contribution in [0.15, 0.2) is 28.5 Å². The first-order chi connectivity index (χ1) is 10.1. The van der Waals surface area contributed by atoms with Crippen LogP contribution in [0.2, 0.25) is 0 Å². The van der Waals surface area contributed by atoms with E-state index in [1.54, 1.807) is 15.4 Å². The van der Waals surface area contributed by atoms with Crippen molar-refractivity contribution in [3.63, 3.8) is 0 Å². The minimum atomic E-state index is 0.745. The molecule has 110 valence electrons. The molecule has 3 aromatic rings. The molecule has 21 heavy (non-hydrogen) atoms. The Morgan fingerprint density at radius 3 is 3.00 bits per heavy atom. The fraction of sp³-hybridized carbons (Fsp3) is 0.417. The molecule has 3 aromatic heterocycles. The van der Waals surface area contributed by atoms with Gasteiger partial charge in [0.2, 0.25) is 5.16 Å². The molecule has 0 amide bonds. The van der Waals surface area contributed by atoms with Gasteiger partial charge in [-0.15, -0.1) is 5.10 Å². The highest BCUT2D eigenvalue weighted by Crippen LogP contribution is 2.25. The van der Waals surface area contributed by atoms with Gasteiger partial charge in [-0.2, -0.15) is 5.10 Å². The smallest absolute Gasteiger partial charge is 0.215 e. The van der Waals surface area contributed by atoms with Gasteiger partial charge in [-0.25, -0.2) is 14.2 Å². The Bertz CT molecular complexity index is 747. The third kappa shape index (κ3) is 3.03. The summed E-state index contributed by atoms with van der Waals surface area (Å²) >= 11 is 1.49. The van der Waals surface area contributed by atoms with E-state index < -0.39 is 0 Å². The van der Waals surface area contributed by atoms with Gasteiger partial charge in [-0.1, -0.05) is 0 Å². The molecule has 0 aliphatic rings. The molecule has 8 nitrogen and oxygen atoms in total. The lowest BCUT2D eigenvalue weighted by atomic mass is 10.4. The fourth-order valence-electron chi connectivity index (χ4n) is 1.87. The number of tetrazole rings is 1. The predicted molar refractivity (Wildman–Crippen MR) is 78.2 cm³/mol. The highest BCUT2D eigenvalue weighted by atomic mass is 32.2. The second-order valence-electron chi connectivity index (χ2n) is 4.93. The van der Waals surface area contributed by atoms with Crippen LogP contribution >= 0.6 is 11.8 Å². The number of nitrogens with zero attached hydrogens (tertiary/aromatic N) is 8. The van der Waals surface area contributed by atoms with Crippen LogP contribution in [0.25, 0.3) is 5.65 Å². The van der Waals surface area contributed by atoms with Gasteiger partial charge in [0.25, 0.3) is 0 Å². The van der Waals surface area contributed by atoms with E-state index in [-0.39, 0.29) is 0 Å². The Balaban J connectivity index is 1.89. The average molecular weight is 304 g/mol. The number of rotatable bonds is 5. The van der Waals surface area contributed by atoms with E-state index >= 15 is 0 Å². The molecule has 0 aliphatic carbocycles. The maximum absolute atomic E-state index is 4.43. The maximum atomic E-state index is 4.43. The van der Waals surface area contributed by atoms with Crippen molar-refractivity contribution in [3.05, 3.63) is 24.0 Å². The number of likely N-dealkylation sites (N-methyl/N-ethyl adjacent to an activating group) is 1. The summed E-state index contributed by atoms with van der Waals surface area (Å²) < 4.78 is 3.60. The molecule has 0 N–H and O–H groups in total. The van der Waals surface area contributed by atoms with Gasteiger partial charge >= 0.3 is 0 Å². The van der Waals surface area contributed by atoms with Gasteiger partial charge in [0, 0.05) is 18.3 Å². The minimum absolute atomic E-state index is 0.745. The molecule has 0 saturated carbocycles. The van der Waals surface area contributed by atoms with Crippen molar-refractivity contribution >= 4 is 17.4 Å². The molecular weight excluding hydrogens is 288 g/mol. The van der Waals surface area contributed by atoms with Gasteiger partial charge < -0.3 is 4.90 Å². The number of fused-ring (bicyclic) bond motifs is 1. The summed E-state index contributed by atoms with van der Waals surface area (Å²) in [6.45, 7) is 3.59. The Morgan fingerprint density at radius 2 is 2.19 bits per heavy atom. The molecular formula is C12H16N8S. The fourth-order valence-corrected chi connectivity index (χ4v) is 2.83. The van der Waals surface area contributed by atoms with Crippen LogP contribution in [0.3, 0.4) is 0 Å². The van der Waals surface area contributed by atoms with Crippen LogP contribution in [0, 0.1) is 6.92 Å². The quantitative estimate of drug-likeness (QED) is 0.643. The monoisotopic (exact) mass is 304 g/mol. The molecule has 0 aromatic carbocycles. The van der Waals surface area contributed by atoms with Gasteiger partial charge in [-0.05, 0) is 49.3 Å². The zero-order chi connectivity index (χ0) is 14.8. The summed E-state index contributed by atoms with van der Waals surface area (Å²) in [7, 11) is 4.05. The van der Waals surface area contributed by atoms with Crippen molar-refractivity contribution in [2.24, 2.45) is 0 Å². The largest absolute Gasteiger partial charge is 0.308 e. The lowest BCUT2D eigenvalue weighted by molar-refractivity contribution is 0.361. The van der Waals surface area contributed by atoms with Crippen LogP contribution in [0.1, 0.15) is 5.69 Å². The van der Waals surface area contributed by atoms with E-state index in [9.17, 15) is 0 Å². The third-order valence-corrected chi connectivity index (χ3v) is 3.88. The molecule has 3 rings (SSSR count). The standard InChI is InChI=1S/C12H16N8S/c1-9-8-11(20-10(14-9)4-5-13-20)21-12-15-16-17-19(12)7-6-18(2)3/h4-5,8H,6-7H2,1-3H3. The summed E-state index contributed by atoms with van der Waals surface area (Å²) in [5.41, 5.74) is 1.77. The predicted octanol–water partition coefficient (Wildman–Crippen LogP) is 0.737. The lowest BCUT2D eigenvalue weighted by Crippen LogP contribution is -2.19. The van der Waals surface area contributed by atoms with E-state index in [2.05, 4.69) is 30.5 Å². The van der Waals surface area contributed by atoms with Crippen molar-refractivity contribution in [2.75, 3.05) is 20.6 Å². The molecule has 0 atom stereocenters. The van der Waals surface area contributed by atoms with Crippen LogP contribution < -0.4 is 0 Å². The Labute approximate surface area is 126 Å². The van der Waals surface area contributed by atoms with Crippen molar-refractivity contribution in [2.45, 2.75) is 23.7 Å². The van der Waals surface area contributed by atoms with Gasteiger partial charge in [0.05, 0.1) is 12.7 Å². The van der Waals surface area contributed by atoms with E-state index in [1.807, 2.05) is 33.2 Å². The van der Waals surface area contributed by atoms with Crippen molar-refractivity contribution in [1.82, 2.24) is 39.7 Å². The molecule has 9 heteroatoms. The van der Waals surface area contributed by atoms with Crippen molar-refractivity contribution < 1.29 is 0 Å². The topological polar surface area (TPSA) is 77.0 Å². The Morgan fingerprint density at radius 1 is 1.33 bits per heavy atom. The zero-order valence-corrected chi connectivity index (χ0v) is 12.9. The molecule has 0 radical (unpaired) electrons. The van der Waals surface area contributed by atoms with Crippen molar-refractivity contribution in [1.29, 1.82) is 0 Å². The number of aryl methyl sites for hydroxylation is 1. The second-order valence-corrected chi connectivity index (χ2v) is 5.91. The minimum Gasteiger partial charge on any atom is -0.308 e. The second kappa shape index (κ2) is 5.78. The summed E-state index contributed by atoms with van der Waals surface area (Å²) in [6, 6.07) is 3.86. The SMILES string of the molecule is Cc1cc(Sc2nnnn2CCN(C)C)n2nccc2n1. The van der Waals surface area contributed by atoms with Crippen LogP contribution in [0.5, 0.6) is 0 Å². The van der Waals surface area contributed by atoms with Crippen LogP contribution in [-0.2, 0) is 6.54 Å². The molecule has 0 fully saturated rings. The molecule has 0 unspecified atom stereocenters. The summed E-state index contributed by atoms with van der Waals surface area (Å²) in [5.74, 6) is 0. The Hall–Kier alpha value is -2.00. The maximum Gasteiger partial charge on any atom is 0.215 e. The van der Waals surface area contributed by atoms with Crippen molar-refractivity contribution in [3.8, 4) is 0 Å². The normalized spacial score (nSPS) is 11.6. The zero-order valence-electron chi connectivity index (χ0n) is 12.1. The molecule has 0 aliphatic heterocycles. The van der Waals surface area contributed by atoms with Gasteiger partial charge in [0.15, 0.2) is 5.65 Å². The highest BCUT2D eigenvalue weighted by Gasteiger charge is 2.12. The van der Waals surface area contributed by atoms with Gasteiger partial charge in [0.1, 0.15) is 5.03 Å². The van der Waals surface area contributed by atoms with E-state index in [4.69, 9.17) is 0 Å². The first-order valence-electron chi connectivity index (χ1n) is 6.53. The molecule has 0 spiro atoms. The highest BCUT2D eigenvalue weighted by molar-refractivity contribution is 7.99. The number of hydrogen-bond acceptors (Lipinski definition) is 7. The third-order valence-electron chi connectivity index (χ3n) is 2.91. The lowest BCUT2D eigenvalue weighted by Gasteiger charge is -2.10. The number of hydrogen-bond donors (Lipinski definition) is 0. The number of aromatic nitrogens is 7. The average Bonchev–Trinajstić information content (AvgIpc) is 3.05. The summed E-state index contributed by atoms with van der Waals surface area (Å²) in [4.78, 5) is 6.53. The summed E-state index contributed by atoms with van der Waals surface area (Å²) in [5, 5.41) is 17.9. The molecule has 3 heterocycles. The first kappa shape index (κ1) is 14.0. The van der Waals surface area contributed by atoms with E-state index in [0.717, 1.165) is 34.6 Å². The van der Waals surface area contributed by atoms with Gasteiger partial charge in [-0.3, -0.25) is 0 Å². The van der Waals surface area contributed by atoms with Crippen LogP contribution in [-0.4, -0.2) is 60.3 Å².